The van der Waals surface area contributed by atoms with E-state index in [9.17, 15) is 9.18 Å². The highest BCUT2D eigenvalue weighted by atomic mass is 19.1. The topological polar surface area (TPSA) is 64.3 Å². The van der Waals surface area contributed by atoms with E-state index >= 15 is 0 Å². The Labute approximate surface area is 119 Å². The quantitative estimate of drug-likeness (QED) is 0.804. The van der Waals surface area contributed by atoms with Gasteiger partial charge in [-0.3, -0.25) is 4.79 Å². The minimum atomic E-state index is -0.513. The Morgan fingerprint density at radius 3 is 2.45 bits per heavy atom. The highest BCUT2D eigenvalue weighted by Crippen LogP contribution is 2.16. The van der Waals surface area contributed by atoms with E-state index < -0.39 is 6.04 Å². The van der Waals surface area contributed by atoms with E-state index in [4.69, 9.17) is 10.5 Å². The van der Waals surface area contributed by atoms with Gasteiger partial charge in [0.05, 0.1) is 12.1 Å². The molecule has 1 unspecified atom stereocenters. The summed E-state index contributed by atoms with van der Waals surface area (Å²) in [5, 5.41) is 2.77. The predicted molar refractivity (Wildman–Crippen MR) is 76.6 cm³/mol. The summed E-state index contributed by atoms with van der Waals surface area (Å²) in [5.74, 6) is -0.125. The molecule has 0 radical (unpaired) electrons. The Bertz CT molecular complexity index is 420. The Kier molecular flexibility index (Phi) is 6.61. The van der Waals surface area contributed by atoms with E-state index in [1.165, 1.54) is 12.1 Å². The first-order valence-corrected chi connectivity index (χ1v) is 6.75. The lowest BCUT2D eigenvalue weighted by molar-refractivity contribution is -0.123. The first kappa shape index (κ1) is 16.6. The van der Waals surface area contributed by atoms with Crippen molar-refractivity contribution in [2.24, 2.45) is 11.7 Å². The lowest BCUT2D eigenvalue weighted by Crippen LogP contribution is -2.43. The molecule has 0 aromatic heterocycles. The molecule has 1 amide bonds. The van der Waals surface area contributed by atoms with Gasteiger partial charge in [-0.15, -0.1) is 0 Å². The largest absolute Gasteiger partial charge is 0.375 e. The molecule has 20 heavy (non-hydrogen) atoms. The third-order valence-electron chi connectivity index (χ3n) is 3.05. The summed E-state index contributed by atoms with van der Waals surface area (Å²) in [4.78, 5) is 11.8. The summed E-state index contributed by atoms with van der Waals surface area (Å²) < 4.78 is 18.2. The first-order chi connectivity index (χ1) is 9.43. The number of rotatable bonds is 7. The van der Waals surface area contributed by atoms with E-state index in [1.54, 1.807) is 19.2 Å². The number of carbonyl (C=O) groups excluding carboxylic acids is 1. The summed E-state index contributed by atoms with van der Waals surface area (Å²) in [6.45, 7) is 4.35. The fourth-order valence-corrected chi connectivity index (χ4v) is 1.95. The van der Waals surface area contributed by atoms with Gasteiger partial charge < -0.3 is 15.8 Å². The van der Waals surface area contributed by atoms with Gasteiger partial charge in [0, 0.05) is 13.7 Å². The van der Waals surface area contributed by atoms with Crippen molar-refractivity contribution in [1.82, 2.24) is 5.32 Å². The van der Waals surface area contributed by atoms with Crippen LogP contribution in [-0.2, 0) is 9.53 Å². The highest BCUT2D eigenvalue weighted by Gasteiger charge is 2.17. The summed E-state index contributed by atoms with van der Waals surface area (Å²) in [5.41, 5.74) is 6.61. The van der Waals surface area contributed by atoms with Gasteiger partial charge in [0.25, 0.3) is 0 Å². The van der Waals surface area contributed by atoms with Crippen LogP contribution >= 0.6 is 0 Å². The molecule has 3 N–H and O–H groups in total. The smallest absolute Gasteiger partial charge is 0.237 e. The molecular formula is C15H23FN2O2. The molecule has 0 heterocycles. The first-order valence-electron chi connectivity index (χ1n) is 6.75. The highest BCUT2D eigenvalue weighted by molar-refractivity contribution is 5.81. The molecule has 0 saturated carbocycles. The fourth-order valence-electron chi connectivity index (χ4n) is 1.95. The number of hydrogen-bond acceptors (Lipinski definition) is 3. The molecule has 0 aliphatic rings. The third-order valence-corrected chi connectivity index (χ3v) is 3.05. The van der Waals surface area contributed by atoms with E-state index in [0.29, 0.717) is 18.9 Å². The number of methoxy groups -OCH3 is 1. The van der Waals surface area contributed by atoms with Crippen LogP contribution in [-0.4, -0.2) is 25.6 Å². The Hall–Kier alpha value is -1.46. The molecule has 0 fully saturated rings. The Morgan fingerprint density at radius 1 is 1.35 bits per heavy atom. The van der Waals surface area contributed by atoms with E-state index in [2.05, 4.69) is 5.32 Å². The van der Waals surface area contributed by atoms with Crippen molar-refractivity contribution in [2.45, 2.75) is 32.4 Å². The zero-order chi connectivity index (χ0) is 15.1. The molecule has 1 aromatic rings. The second kappa shape index (κ2) is 7.97. The number of hydrogen-bond donors (Lipinski definition) is 2. The van der Waals surface area contributed by atoms with Crippen LogP contribution in [0.5, 0.6) is 0 Å². The SMILES string of the molecule is COC(CNC(=O)[C@@H](N)CC(C)C)c1ccc(F)cc1. The van der Waals surface area contributed by atoms with Gasteiger partial charge in [0.1, 0.15) is 5.82 Å². The van der Waals surface area contributed by atoms with Gasteiger partial charge in [0.15, 0.2) is 0 Å². The van der Waals surface area contributed by atoms with Crippen molar-refractivity contribution < 1.29 is 13.9 Å². The number of halogens is 1. The number of ether oxygens (including phenoxy) is 1. The monoisotopic (exact) mass is 282 g/mol. The molecule has 5 heteroatoms. The lowest BCUT2D eigenvalue weighted by atomic mass is 10.0. The van der Waals surface area contributed by atoms with Crippen LogP contribution in [0.25, 0.3) is 0 Å². The van der Waals surface area contributed by atoms with Gasteiger partial charge in [-0.05, 0) is 30.0 Å². The molecule has 2 atom stereocenters. The lowest BCUT2D eigenvalue weighted by Gasteiger charge is -2.19. The van der Waals surface area contributed by atoms with Crippen LogP contribution in [0.15, 0.2) is 24.3 Å². The van der Waals surface area contributed by atoms with Gasteiger partial charge >= 0.3 is 0 Å². The fraction of sp³-hybridized carbons (Fsp3) is 0.533. The van der Waals surface area contributed by atoms with Crippen molar-refractivity contribution in [2.75, 3.05) is 13.7 Å². The molecule has 0 aliphatic heterocycles. The van der Waals surface area contributed by atoms with Gasteiger partial charge in [0.2, 0.25) is 5.91 Å². The maximum absolute atomic E-state index is 12.9. The average Bonchev–Trinajstić information content (AvgIpc) is 2.40. The number of carbonyl (C=O) groups is 1. The predicted octanol–water partition coefficient (Wildman–Crippen LogP) is 2.00. The maximum Gasteiger partial charge on any atom is 0.237 e. The summed E-state index contributed by atoms with van der Waals surface area (Å²) >= 11 is 0. The molecule has 1 aromatic carbocycles. The average molecular weight is 282 g/mol. The Balaban J connectivity index is 2.53. The molecule has 0 aliphatic carbocycles. The van der Waals surface area contributed by atoms with Gasteiger partial charge in [-0.2, -0.15) is 0 Å². The number of benzene rings is 1. The number of amides is 1. The van der Waals surface area contributed by atoms with E-state index in [0.717, 1.165) is 5.56 Å². The van der Waals surface area contributed by atoms with Crippen LogP contribution in [0, 0.1) is 11.7 Å². The Morgan fingerprint density at radius 2 is 1.95 bits per heavy atom. The zero-order valence-electron chi connectivity index (χ0n) is 12.2. The summed E-state index contributed by atoms with van der Waals surface area (Å²) in [6.07, 6.45) is 0.325. The summed E-state index contributed by atoms with van der Waals surface area (Å²) in [7, 11) is 1.55. The molecule has 0 spiro atoms. The minimum absolute atomic E-state index is 0.192. The molecule has 0 saturated heterocycles. The van der Waals surface area contributed by atoms with Crippen molar-refractivity contribution >= 4 is 5.91 Å². The molecule has 0 bridgehead atoms. The van der Waals surface area contributed by atoms with Crippen LogP contribution < -0.4 is 11.1 Å². The van der Waals surface area contributed by atoms with E-state index in [-0.39, 0.29) is 17.8 Å². The molecule has 112 valence electrons. The van der Waals surface area contributed by atoms with Crippen molar-refractivity contribution in [1.29, 1.82) is 0 Å². The summed E-state index contributed by atoms with van der Waals surface area (Å²) in [6, 6.07) is 5.51. The standard InChI is InChI=1S/C15H23FN2O2/c1-10(2)8-13(17)15(19)18-9-14(20-3)11-4-6-12(16)7-5-11/h4-7,10,13-14H,8-9,17H2,1-3H3,(H,18,19)/t13-,14?/m0/s1. The van der Waals surface area contributed by atoms with Crippen LogP contribution in [0.1, 0.15) is 31.9 Å². The normalized spacial score (nSPS) is 14.1. The van der Waals surface area contributed by atoms with Crippen LogP contribution in [0.4, 0.5) is 4.39 Å². The van der Waals surface area contributed by atoms with E-state index in [1.807, 2.05) is 13.8 Å². The van der Waals surface area contributed by atoms with Crippen molar-refractivity contribution in [3.63, 3.8) is 0 Å². The number of nitrogens with two attached hydrogens (primary N) is 1. The second-order valence-corrected chi connectivity index (χ2v) is 5.26. The number of nitrogens with one attached hydrogen (secondary N) is 1. The zero-order valence-corrected chi connectivity index (χ0v) is 12.2. The van der Waals surface area contributed by atoms with Gasteiger partial charge in [-0.25, -0.2) is 4.39 Å². The van der Waals surface area contributed by atoms with Crippen LogP contribution in [0.3, 0.4) is 0 Å². The minimum Gasteiger partial charge on any atom is -0.375 e. The molecule has 4 nitrogen and oxygen atoms in total. The van der Waals surface area contributed by atoms with Crippen molar-refractivity contribution in [3.8, 4) is 0 Å². The van der Waals surface area contributed by atoms with Gasteiger partial charge in [-0.1, -0.05) is 26.0 Å². The molecule has 1 rings (SSSR count). The molecular weight excluding hydrogens is 259 g/mol. The van der Waals surface area contributed by atoms with Crippen molar-refractivity contribution in [3.05, 3.63) is 35.6 Å². The third kappa shape index (κ3) is 5.27. The van der Waals surface area contributed by atoms with Crippen LogP contribution in [0.2, 0.25) is 0 Å². The maximum atomic E-state index is 12.9. The second-order valence-electron chi connectivity index (χ2n) is 5.26.